The molecule has 0 saturated heterocycles. The number of urea groups is 1. The summed E-state index contributed by atoms with van der Waals surface area (Å²) in [4.78, 5) is 10.4. The summed E-state index contributed by atoms with van der Waals surface area (Å²) >= 11 is 0. The van der Waals surface area contributed by atoms with Crippen molar-refractivity contribution in [2.45, 2.75) is 56.0 Å². The SMILES string of the molecule is CCC(C)(C)c1cc(-c2cc(C(F)(F)F)cc(C(F)(F)F)c2)c(Oc2ccc(C(F)(F)F)cc2NC(N)=O)c(S(=O)(=O)O)c1. The van der Waals surface area contributed by atoms with Gasteiger partial charge < -0.3 is 15.8 Å². The number of nitrogens with one attached hydrogen (secondary N) is 1. The minimum atomic E-state index is -5.38. The molecule has 3 aromatic rings. The van der Waals surface area contributed by atoms with Crippen LogP contribution in [0.5, 0.6) is 11.5 Å². The van der Waals surface area contributed by atoms with Gasteiger partial charge in [-0.15, -0.1) is 0 Å². The summed E-state index contributed by atoms with van der Waals surface area (Å²) < 4.78 is 163. The van der Waals surface area contributed by atoms with Gasteiger partial charge in [0.1, 0.15) is 4.90 Å². The van der Waals surface area contributed by atoms with E-state index in [0.29, 0.717) is 18.2 Å². The van der Waals surface area contributed by atoms with E-state index >= 15 is 0 Å². The molecule has 2 amide bonds. The van der Waals surface area contributed by atoms with Crippen molar-refractivity contribution in [3.63, 3.8) is 0 Å². The highest BCUT2D eigenvalue weighted by Crippen LogP contribution is 2.47. The van der Waals surface area contributed by atoms with E-state index in [-0.39, 0.29) is 30.2 Å². The van der Waals surface area contributed by atoms with Crippen molar-refractivity contribution in [3.8, 4) is 22.6 Å². The van der Waals surface area contributed by atoms with Gasteiger partial charge in [0.15, 0.2) is 11.5 Å². The molecule has 44 heavy (non-hydrogen) atoms. The Morgan fingerprint density at radius 3 is 1.77 bits per heavy atom. The average Bonchev–Trinajstić information content (AvgIpc) is 2.86. The summed E-state index contributed by atoms with van der Waals surface area (Å²) in [6.07, 6.45) is -15.3. The summed E-state index contributed by atoms with van der Waals surface area (Å²) in [5, 5.41) is 1.83. The molecule has 0 aromatic heterocycles. The molecule has 17 heteroatoms. The van der Waals surface area contributed by atoms with E-state index in [1.54, 1.807) is 20.8 Å². The molecule has 3 aromatic carbocycles. The smallest absolute Gasteiger partial charge is 0.416 e. The minimum absolute atomic E-state index is 0.0313. The maximum absolute atomic E-state index is 13.7. The van der Waals surface area contributed by atoms with E-state index in [9.17, 15) is 57.3 Å². The molecule has 0 aliphatic rings. The molecule has 0 heterocycles. The van der Waals surface area contributed by atoms with Gasteiger partial charge in [-0.25, -0.2) is 4.79 Å². The first kappa shape index (κ1) is 34.5. The number of ether oxygens (including phenoxy) is 1. The molecule has 0 spiro atoms. The van der Waals surface area contributed by atoms with Crippen LogP contribution in [0.15, 0.2) is 53.4 Å². The molecule has 7 nitrogen and oxygen atoms in total. The first-order chi connectivity index (χ1) is 19.8. The largest absolute Gasteiger partial charge is 0.453 e. The Bertz CT molecular complexity index is 1670. The number of nitrogens with two attached hydrogens (primary N) is 1. The summed E-state index contributed by atoms with van der Waals surface area (Å²) in [5.41, 5.74) is -3.16. The monoisotopic (exact) mass is 658 g/mol. The zero-order valence-corrected chi connectivity index (χ0v) is 23.6. The van der Waals surface area contributed by atoms with E-state index in [2.05, 4.69) is 0 Å². The van der Waals surface area contributed by atoms with Gasteiger partial charge in [-0.3, -0.25) is 4.55 Å². The lowest BCUT2D eigenvalue weighted by Gasteiger charge is -2.27. The standard InChI is InChI=1S/C27H23F9N2O5S/c1-4-24(2,3)15-10-18(13-7-16(26(31,32)33)9-17(8-13)27(34,35)36)22(21(12-15)44(40,41)42)43-20-6-5-14(25(28,29)30)11-19(20)38-23(37)39/h5-12H,4H2,1-3H3,(H3,37,38,39)(H,40,41,42). The number of primary amides is 1. The lowest BCUT2D eigenvalue weighted by Crippen LogP contribution is -2.20. The Balaban J connectivity index is 2.52. The van der Waals surface area contributed by atoms with Crippen LogP contribution in [0.1, 0.15) is 49.4 Å². The third kappa shape index (κ3) is 7.74. The molecule has 0 radical (unpaired) electrons. The lowest BCUT2D eigenvalue weighted by molar-refractivity contribution is -0.143. The van der Waals surface area contributed by atoms with Gasteiger partial charge >= 0.3 is 24.6 Å². The van der Waals surface area contributed by atoms with E-state index in [4.69, 9.17) is 10.5 Å². The summed E-state index contributed by atoms with van der Waals surface area (Å²) in [5.74, 6) is -1.81. The normalized spacial score (nSPS) is 13.1. The number of hydrogen-bond acceptors (Lipinski definition) is 4. The minimum Gasteiger partial charge on any atom is -0.453 e. The summed E-state index contributed by atoms with van der Waals surface area (Å²) in [6.45, 7) is 4.78. The predicted octanol–water partition coefficient (Wildman–Crippen LogP) is 8.63. The van der Waals surface area contributed by atoms with Crippen molar-refractivity contribution >= 4 is 21.8 Å². The second kappa shape index (κ2) is 11.5. The molecular formula is C27H23F9N2O5S. The fraction of sp³-hybridized carbons (Fsp3) is 0.296. The van der Waals surface area contributed by atoms with Crippen LogP contribution in [0.3, 0.4) is 0 Å². The van der Waals surface area contributed by atoms with Crippen molar-refractivity contribution < 1.29 is 62.0 Å². The number of carbonyl (C=O) groups excluding carboxylic acids is 1. The van der Waals surface area contributed by atoms with Crippen molar-refractivity contribution in [3.05, 3.63) is 70.8 Å². The van der Waals surface area contributed by atoms with Crippen LogP contribution in [-0.4, -0.2) is 19.0 Å². The van der Waals surface area contributed by atoms with Crippen LogP contribution in [0.2, 0.25) is 0 Å². The molecule has 240 valence electrons. The van der Waals surface area contributed by atoms with Crippen molar-refractivity contribution in [1.29, 1.82) is 0 Å². The molecule has 4 N–H and O–H groups in total. The van der Waals surface area contributed by atoms with Gasteiger partial charge in [0.05, 0.1) is 22.4 Å². The zero-order chi connectivity index (χ0) is 33.6. The van der Waals surface area contributed by atoms with E-state index in [1.807, 2.05) is 5.32 Å². The Labute approximate surface area is 244 Å². The molecular weight excluding hydrogens is 635 g/mol. The molecule has 3 rings (SSSR count). The maximum Gasteiger partial charge on any atom is 0.416 e. The molecule has 0 atom stereocenters. The second-order valence-corrected chi connectivity index (χ2v) is 11.5. The van der Waals surface area contributed by atoms with Crippen LogP contribution in [0.25, 0.3) is 11.1 Å². The highest BCUT2D eigenvalue weighted by Gasteiger charge is 2.38. The third-order valence-corrected chi connectivity index (χ3v) is 7.53. The fourth-order valence-electron chi connectivity index (χ4n) is 3.95. The van der Waals surface area contributed by atoms with E-state index in [0.717, 1.165) is 12.1 Å². The number of benzene rings is 3. The Morgan fingerprint density at radius 2 is 1.34 bits per heavy atom. The van der Waals surface area contributed by atoms with Crippen LogP contribution in [0.4, 0.5) is 50.0 Å². The lowest BCUT2D eigenvalue weighted by atomic mass is 9.81. The Hall–Kier alpha value is -3.99. The Morgan fingerprint density at radius 1 is 0.818 bits per heavy atom. The fourth-order valence-corrected chi connectivity index (χ4v) is 4.62. The Kier molecular flexibility index (Phi) is 9.02. The number of anilines is 1. The maximum atomic E-state index is 13.7. The summed E-state index contributed by atoms with van der Waals surface area (Å²) in [7, 11) is -5.38. The van der Waals surface area contributed by atoms with Gasteiger partial charge in [-0.05, 0) is 71.5 Å². The number of rotatable bonds is 7. The molecule has 0 fully saturated rings. The predicted molar refractivity (Wildman–Crippen MR) is 140 cm³/mol. The van der Waals surface area contributed by atoms with Gasteiger partial charge in [-0.1, -0.05) is 20.8 Å². The first-order valence-corrected chi connectivity index (χ1v) is 13.7. The molecule has 0 aliphatic heterocycles. The number of carbonyl (C=O) groups is 1. The van der Waals surface area contributed by atoms with Crippen LogP contribution in [-0.2, 0) is 34.1 Å². The number of amides is 2. The van der Waals surface area contributed by atoms with Crippen molar-refractivity contribution in [2.75, 3.05) is 5.32 Å². The van der Waals surface area contributed by atoms with Crippen molar-refractivity contribution in [2.24, 2.45) is 5.73 Å². The third-order valence-electron chi connectivity index (χ3n) is 6.67. The van der Waals surface area contributed by atoms with Gasteiger partial charge in [-0.2, -0.15) is 47.9 Å². The molecule has 0 aliphatic carbocycles. The van der Waals surface area contributed by atoms with Gasteiger partial charge in [0.2, 0.25) is 0 Å². The molecule has 0 saturated carbocycles. The second-order valence-electron chi connectivity index (χ2n) is 10.2. The van der Waals surface area contributed by atoms with Crippen LogP contribution in [0, 0.1) is 0 Å². The quantitative estimate of drug-likeness (QED) is 0.174. The topological polar surface area (TPSA) is 119 Å². The molecule has 0 unspecified atom stereocenters. The number of hydrogen-bond donors (Lipinski definition) is 3. The van der Waals surface area contributed by atoms with Crippen LogP contribution >= 0.6 is 0 Å². The number of alkyl halides is 9. The van der Waals surface area contributed by atoms with Crippen molar-refractivity contribution in [1.82, 2.24) is 0 Å². The average molecular weight is 659 g/mol. The highest BCUT2D eigenvalue weighted by atomic mass is 32.2. The van der Waals surface area contributed by atoms with E-state index in [1.165, 1.54) is 0 Å². The zero-order valence-electron chi connectivity index (χ0n) is 22.8. The number of halogens is 9. The summed E-state index contributed by atoms with van der Waals surface area (Å²) in [6, 6.07) is 2.27. The first-order valence-electron chi connectivity index (χ1n) is 12.3. The van der Waals surface area contributed by atoms with Gasteiger partial charge in [0.25, 0.3) is 10.1 Å². The highest BCUT2D eigenvalue weighted by molar-refractivity contribution is 7.86. The van der Waals surface area contributed by atoms with Crippen LogP contribution < -0.4 is 15.8 Å². The van der Waals surface area contributed by atoms with E-state index < -0.39 is 90.0 Å². The molecule has 0 bridgehead atoms. The van der Waals surface area contributed by atoms with Gasteiger partial charge in [0, 0.05) is 5.56 Å².